The number of Topliss-reactive ketones (excluding diaryl/α,β-unsaturated/α-hetero) is 1. The Balaban J connectivity index is 1.51. The highest BCUT2D eigenvalue weighted by Gasteiger charge is 2.09. The number of nitrogens with one attached hydrogen (secondary N) is 2. The predicted molar refractivity (Wildman–Crippen MR) is 117 cm³/mol. The van der Waals surface area contributed by atoms with Crippen molar-refractivity contribution in [1.82, 2.24) is 20.3 Å². The van der Waals surface area contributed by atoms with Crippen LogP contribution in [0.4, 0.5) is 0 Å². The van der Waals surface area contributed by atoms with Crippen LogP contribution in [0, 0.1) is 0 Å². The van der Waals surface area contributed by atoms with Gasteiger partial charge in [0.25, 0.3) is 0 Å². The average molecular weight is 396 g/mol. The van der Waals surface area contributed by atoms with E-state index in [9.17, 15) is 9.59 Å². The molecule has 6 nitrogen and oxygen atoms in total. The summed E-state index contributed by atoms with van der Waals surface area (Å²) in [5, 5.41) is 3.79. The fourth-order valence-electron chi connectivity index (χ4n) is 3.15. The number of amides is 1. The molecule has 0 aliphatic carbocycles. The van der Waals surface area contributed by atoms with Crippen LogP contribution in [0.1, 0.15) is 28.4 Å². The zero-order chi connectivity index (χ0) is 20.9. The molecule has 3 aromatic heterocycles. The molecule has 0 saturated carbocycles. The van der Waals surface area contributed by atoms with Crippen LogP contribution < -0.4 is 5.32 Å². The Bertz CT molecular complexity index is 1230. The number of carbonyl (C=O) groups excluding carboxylic acids is 2. The van der Waals surface area contributed by atoms with Gasteiger partial charge in [0.2, 0.25) is 5.91 Å². The van der Waals surface area contributed by atoms with Crippen molar-refractivity contribution in [3.05, 3.63) is 90.0 Å². The summed E-state index contributed by atoms with van der Waals surface area (Å²) in [6.07, 6.45) is 10.2. The Morgan fingerprint density at radius 1 is 1.10 bits per heavy atom. The minimum absolute atomic E-state index is 0.0387. The standard InChI is InChI=1S/C24H20N4O2/c1-16(29)19-3-5-20(6-4-19)22-15-28-24-21(22)12-18(14-27-24)2-7-23(30)26-13-17-8-10-25-11-9-17/h2-12,14-15H,13H2,1H3,(H,26,30)(H,27,28)/b7-2+. The van der Waals surface area contributed by atoms with Gasteiger partial charge >= 0.3 is 0 Å². The molecule has 3 heterocycles. The maximum absolute atomic E-state index is 12.1. The maximum atomic E-state index is 12.1. The van der Waals surface area contributed by atoms with E-state index in [2.05, 4.69) is 20.3 Å². The fourth-order valence-corrected chi connectivity index (χ4v) is 3.15. The normalized spacial score (nSPS) is 11.1. The van der Waals surface area contributed by atoms with Crippen molar-refractivity contribution in [2.75, 3.05) is 0 Å². The van der Waals surface area contributed by atoms with Gasteiger partial charge in [-0.3, -0.25) is 14.6 Å². The van der Waals surface area contributed by atoms with Crippen molar-refractivity contribution in [1.29, 1.82) is 0 Å². The van der Waals surface area contributed by atoms with Gasteiger partial charge in [-0.25, -0.2) is 4.98 Å². The smallest absolute Gasteiger partial charge is 0.244 e. The summed E-state index contributed by atoms with van der Waals surface area (Å²) in [6.45, 7) is 2.00. The molecule has 148 valence electrons. The van der Waals surface area contributed by atoms with Crippen LogP contribution in [0.5, 0.6) is 0 Å². The SMILES string of the molecule is CC(=O)c1ccc(-c2c[nH]c3ncc(/C=C/C(=O)NCc4ccncc4)cc23)cc1. The Morgan fingerprint density at radius 2 is 1.87 bits per heavy atom. The molecule has 0 saturated heterocycles. The second-order valence-electron chi connectivity index (χ2n) is 6.91. The van der Waals surface area contributed by atoms with Gasteiger partial charge in [0.05, 0.1) is 0 Å². The average Bonchev–Trinajstić information content (AvgIpc) is 3.20. The van der Waals surface area contributed by atoms with E-state index in [1.165, 1.54) is 6.08 Å². The molecule has 0 aliphatic heterocycles. The highest BCUT2D eigenvalue weighted by atomic mass is 16.1. The summed E-state index contributed by atoms with van der Waals surface area (Å²) in [6, 6.07) is 13.2. The van der Waals surface area contributed by atoms with E-state index in [-0.39, 0.29) is 11.7 Å². The first-order valence-electron chi connectivity index (χ1n) is 9.53. The molecule has 0 bridgehead atoms. The number of fused-ring (bicyclic) bond motifs is 1. The lowest BCUT2D eigenvalue weighted by Crippen LogP contribution is -2.20. The van der Waals surface area contributed by atoms with Crippen LogP contribution in [-0.4, -0.2) is 26.6 Å². The minimum Gasteiger partial charge on any atom is -0.348 e. The monoisotopic (exact) mass is 396 g/mol. The molecule has 1 aromatic carbocycles. The molecular weight excluding hydrogens is 376 g/mol. The minimum atomic E-state index is -0.180. The van der Waals surface area contributed by atoms with Crippen molar-refractivity contribution in [3.63, 3.8) is 0 Å². The number of ketones is 1. The second kappa shape index (κ2) is 8.53. The second-order valence-corrected chi connectivity index (χ2v) is 6.91. The number of H-pyrrole nitrogens is 1. The number of nitrogens with zero attached hydrogens (tertiary/aromatic N) is 2. The van der Waals surface area contributed by atoms with Crippen molar-refractivity contribution in [3.8, 4) is 11.1 Å². The molecule has 1 amide bonds. The summed E-state index contributed by atoms with van der Waals surface area (Å²) in [5.41, 5.74) is 5.23. The number of rotatable bonds is 6. The number of hydrogen-bond acceptors (Lipinski definition) is 4. The van der Waals surface area contributed by atoms with Crippen molar-refractivity contribution in [2.45, 2.75) is 13.5 Å². The Labute approximate surface area is 173 Å². The van der Waals surface area contributed by atoms with Gasteiger partial charge in [-0.2, -0.15) is 0 Å². The van der Waals surface area contributed by atoms with E-state index >= 15 is 0 Å². The third kappa shape index (κ3) is 4.33. The van der Waals surface area contributed by atoms with Crippen LogP contribution >= 0.6 is 0 Å². The molecule has 2 N–H and O–H groups in total. The molecule has 6 heteroatoms. The molecule has 4 rings (SSSR count). The molecule has 0 aliphatic rings. The number of benzene rings is 1. The highest BCUT2D eigenvalue weighted by molar-refractivity contribution is 5.98. The fraction of sp³-hybridized carbons (Fsp3) is 0.0833. The third-order valence-electron chi connectivity index (χ3n) is 4.80. The first-order valence-corrected chi connectivity index (χ1v) is 9.53. The molecule has 30 heavy (non-hydrogen) atoms. The first-order chi connectivity index (χ1) is 14.6. The van der Waals surface area contributed by atoms with Gasteiger partial charge in [0.1, 0.15) is 5.65 Å². The van der Waals surface area contributed by atoms with Crippen molar-refractivity contribution in [2.24, 2.45) is 0 Å². The van der Waals surface area contributed by atoms with Gasteiger partial charge in [0, 0.05) is 53.9 Å². The molecule has 0 atom stereocenters. The number of carbonyl (C=O) groups is 2. The van der Waals surface area contributed by atoms with Crippen molar-refractivity contribution < 1.29 is 9.59 Å². The zero-order valence-electron chi connectivity index (χ0n) is 16.4. The van der Waals surface area contributed by atoms with E-state index in [4.69, 9.17) is 0 Å². The summed E-state index contributed by atoms with van der Waals surface area (Å²) < 4.78 is 0. The van der Waals surface area contributed by atoms with Gasteiger partial charge in [0.15, 0.2) is 5.78 Å². The number of aromatic amines is 1. The summed E-state index contributed by atoms with van der Waals surface area (Å²) in [5.74, 6) is -0.141. The maximum Gasteiger partial charge on any atom is 0.244 e. The molecule has 0 fully saturated rings. The number of pyridine rings is 2. The van der Waals surface area contributed by atoms with Gasteiger partial charge in [-0.1, -0.05) is 24.3 Å². The Kier molecular flexibility index (Phi) is 5.48. The molecule has 4 aromatic rings. The van der Waals surface area contributed by atoms with Crippen LogP contribution in [0.25, 0.3) is 28.2 Å². The van der Waals surface area contributed by atoms with Crippen LogP contribution in [0.3, 0.4) is 0 Å². The number of hydrogen-bond donors (Lipinski definition) is 2. The Hall–Kier alpha value is -4.06. The highest BCUT2D eigenvalue weighted by Crippen LogP contribution is 2.28. The van der Waals surface area contributed by atoms with Gasteiger partial charge < -0.3 is 10.3 Å². The molecule has 0 spiro atoms. The van der Waals surface area contributed by atoms with E-state index in [0.717, 1.165) is 33.3 Å². The third-order valence-corrected chi connectivity index (χ3v) is 4.80. The van der Waals surface area contributed by atoms with Crippen molar-refractivity contribution >= 4 is 28.8 Å². The van der Waals surface area contributed by atoms with Crippen LogP contribution in [0.2, 0.25) is 0 Å². The lowest BCUT2D eigenvalue weighted by atomic mass is 10.0. The lowest BCUT2D eigenvalue weighted by Gasteiger charge is -2.03. The van der Waals surface area contributed by atoms with Crippen LogP contribution in [-0.2, 0) is 11.3 Å². The zero-order valence-corrected chi connectivity index (χ0v) is 16.4. The summed E-state index contributed by atoms with van der Waals surface area (Å²) in [7, 11) is 0. The summed E-state index contributed by atoms with van der Waals surface area (Å²) in [4.78, 5) is 35.2. The van der Waals surface area contributed by atoms with Gasteiger partial charge in [-0.15, -0.1) is 0 Å². The number of aromatic nitrogens is 3. The largest absolute Gasteiger partial charge is 0.348 e. The summed E-state index contributed by atoms with van der Waals surface area (Å²) >= 11 is 0. The first kappa shape index (κ1) is 19.3. The Morgan fingerprint density at radius 3 is 2.60 bits per heavy atom. The van der Waals surface area contributed by atoms with E-state index in [1.807, 2.05) is 48.7 Å². The van der Waals surface area contributed by atoms with Crippen LogP contribution in [0.15, 0.2) is 73.3 Å². The predicted octanol–water partition coefficient (Wildman–Crippen LogP) is 4.16. The quantitative estimate of drug-likeness (QED) is 0.378. The van der Waals surface area contributed by atoms with E-state index < -0.39 is 0 Å². The van der Waals surface area contributed by atoms with Gasteiger partial charge in [-0.05, 0) is 47.9 Å². The van der Waals surface area contributed by atoms with E-state index in [0.29, 0.717) is 12.1 Å². The molecular formula is C24H20N4O2. The van der Waals surface area contributed by atoms with E-state index in [1.54, 1.807) is 31.6 Å². The lowest BCUT2D eigenvalue weighted by molar-refractivity contribution is -0.116. The molecule has 0 radical (unpaired) electrons. The molecule has 0 unspecified atom stereocenters. The topological polar surface area (TPSA) is 87.7 Å².